The Labute approximate surface area is 395 Å². The van der Waals surface area contributed by atoms with Gasteiger partial charge in [0.2, 0.25) is 0 Å². The smallest absolute Gasteiger partial charge is 0.410 e. The maximum atomic E-state index is 12.6. The summed E-state index contributed by atoms with van der Waals surface area (Å²) in [5.74, 6) is -3.37. The van der Waals surface area contributed by atoms with Crippen LogP contribution in [0.25, 0.3) is 0 Å². The fraction of sp³-hybridized carbons (Fsp3) is 0.581. The molecule has 2 aromatic rings. The number of benzene rings is 2. The summed E-state index contributed by atoms with van der Waals surface area (Å²) < 4.78 is 186. The molecule has 0 aliphatic carbocycles. The van der Waals surface area contributed by atoms with Crippen molar-refractivity contribution in [1.82, 2.24) is 9.80 Å². The zero-order chi connectivity index (χ0) is 76.3. The number of carboxylic acid groups (broad SMARTS) is 1. The lowest BCUT2D eigenvalue weighted by Gasteiger charge is -2.32. The van der Waals surface area contributed by atoms with Gasteiger partial charge in [-0.25, -0.2) is 28.8 Å². The quantitative estimate of drug-likeness (QED) is 0.142. The number of aliphatic carboxylic acids is 1. The van der Waals surface area contributed by atoms with Gasteiger partial charge < -0.3 is 33.9 Å². The zero-order valence-electron chi connectivity index (χ0n) is 67.9. The van der Waals surface area contributed by atoms with Crippen LogP contribution in [-0.4, -0.2) is 106 Å². The fourth-order valence-corrected chi connectivity index (χ4v) is 4.66. The third kappa shape index (κ3) is 22.5. The minimum absolute atomic E-state index is 0. The molecule has 0 fully saturated rings. The SMILES string of the molecule is C.CC(C)[C@@H](C(=O)O)N(C)C(=O)OC(C)(C)C.CC(C)[C@@H](C(=O)O[C@H](C)C(=O)OCc1ccccc1)N(C)C(=O)OC(C)(C)C.C[C@H](O)C(=O)OCc1ccccc1.[2HH].[2H][2H].[2H][2H].[2H][2H].[2H][2H].[2H][2H].[2H][2H].[2H][2H].[2H][2H].[2H][2H].[2H][2H].[2H][2H].[2H][2H].[2H][2H].[2H][2H].[2H][2H].[2H][2H]. The Morgan fingerprint density at radius 2 is 0.966 bits per heavy atom. The van der Waals surface area contributed by atoms with E-state index in [-0.39, 0.29) is 33.9 Å². The van der Waals surface area contributed by atoms with E-state index in [0.717, 1.165) is 16.0 Å². The van der Waals surface area contributed by atoms with E-state index in [1.54, 1.807) is 69.2 Å². The maximum absolute atomic E-state index is 12.6. The van der Waals surface area contributed by atoms with Crippen molar-refractivity contribution in [3.05, 3.63) is 71.8 Å². The first-order valence-corrected chi connectivity index (χ1v) is 18.6. The van der Waals surface area contributed by atoms with Crippen LogP contribution in [-0.2, 0) is 56.1 Å². The number of aliphatic hydroxyl groups is 1. The van der Waals surface area contributed by atoms with Crippen LogP contribution in [0.4, 0.5) is 9.59 Å². The molecule has 0 heterocycles. The number of rotatable bonds is 13. The normalized spacial score (nSPS) is 15.1. The first-order valence-electron chi connectivity index (χ1n) is 34.6. The highest BCUT2D eigenvalue weighted by molar-refractivity contribution is 5.84. The monoisotopic (exact) mass is 888 g/mol. The molecule has 2 N–H and O–H groups in total. The van der Waals surface area contributed by atoms with Crippen LogP contribution < -0.4 is 0 Å². The Bertz CT molecular complexity index is 1640. The highest BCUT2D eigenvalue weighted by atomic mass is 16.6. The van der Waals surface area contributed by atoms with Crippen LogP contribution in [0.15, 0.2) is 60.7 Å². The van der Waals surface area contributed by atoms with Crippen molar-refractivity contribution < 1.29 is 112 Å². The van der Waals surface area contributed by atoms with Crippen LogP contribution >= 0.6 is 0 Å². The molecule has 0 aliphatic rings. The summed E-state index contributed by atoms with van der Waals surface area (Å²) >= 11 is 0. The van der Waals surface area contributed by atoms with E-state index in [2.05, 4.69) is 0 Å². The average Bonchev–Trinajstić information content (AvgIpc) is 3.77. The number of aliphatic hydroxyl groups excluding tert-OH is 1. The van der Waals surface area contributed by atoms with E-state index in [9.17, 15) is 28.8 Å². The van der Waals surface area contributed by atoms with Crippen molar-refractivity contribution in [1.29, 1.82) is 0 Å². The van der Waals surface area contributed by atoms with Crippen molar-refractivity contribution in [3.8, 4) is 0 Å². The molecule has 15 nitrogen and oxygen atoms in total. The topological polar surface area (TPSA) is 196 Å². The number of carboxylic acids is 1. The second-order valence-electron chi connectivity index (χ2n) is 15.8. The molecule has 0 spiro atoms. The molecule has 0 bridgehead atoms. The molecule has 0 unspecified atom stereocenters. The second kappa shape index (κ2) is 25.9. The van der Waals surface area contributed by atoms with Crippen LogP contribution in [0.3, 0.4) is 0 Å². The summed E-state index contributed by atoms with van der Waals surface area (Å²) in [6, 6.07) is 16.8. The number of amides is 2. The van der Waals surface area contributed by atoms with E-state index >= 15 is 0 Å². The Balaban J connectivity index is -0.0000000420. The Kier molecular flexibility index (Phi) is 14.2. The highest BCUT2D eigenvalue weighted by Crippen LogP contribution is 2.18. The predicted molar refractivity (Wildman–Crippen MR) is 255 cm³/mol. The number of esters is 3. The van der Waals surface area contributed by atoms with Crippen LogP contribution in [0.2, 0.25) is 0 Å². The number of hydrogen-bond donors (Lipinski definition) is 2. The van der Waals surface area contributed by atoms with Crippen molar-refractivity contribution in [2.45, 2.75) is 139 Å². The minimum Gasteiger partial charge on any atom is -0.480 e. The van der Waals surface area contributed by atoms with Gasteiger partial charge in [0, 0.05) is 63.0 Å². The van der Waals surface area contributed by atoms with E-state index in [0.29, 0.717) is 0 Å². The molecular weight excluding hydrogens is 752 g/mol. The van der Waals surface area contributed by atoms with Crippen molar-refractivity contribution in [3.63, 3.8) is 0 Å². The zero-order valence-corrected chi connectivity index (χ0v) is 35.9. The fourth-order valence-electron chi connectivity index (χ4n) is 4.66. The molecule has 0 radical (unpaired) electrons. The van der Waals surface area contributed by atoms with Gasteiger partial charge in [0.25, 0.3) is 0 Å². The van der Waals surface area contributed by atoms with Gasteiger partial charge in [-0.1, -0.05) is 95.8 Å². The predicted octanol–water partition coefficient (Wildman–Crippen LogP) is 11.4. The van der Waals surface area contributed by atoms with Crippen LogP contribution in [0.1, 0.15) is 151 Å². The summed E-state index contributed by atoms with van der Waals surface area (Å²) in [5.41, 5.74) is 0.437. The number of likely N-dealkylation sites (N-methyl/N-ethyl adjacent to an activating group) is 2. The first-order chi connectivity index (χ1) is 42.2. The number of hydrogen-bond acceptors (Lipinski definition) is 12. The molecule has 58 heavy (non-hydrogen) atoms. The van der Waals surface area contributed by atoms with Crippen LogP contribution in [0.5, 0.6) is 0 Å². The van der Waals surface area contributed by atoms with Crippen molar-refractivity contribution >= 4 is 36.1 Å². The molecule has 2 amide bonds. The summed E-state index contributed by atoms with van der Waals surface area (Å²) in [6.07, 6.45) is -3.40. The molecule has 2 rings (SSSR count). The van der Waals surface area contributed by atoms with Gasteiger partial charge in [-0.15, -0.1) is 0 Å². The molecule has 0 aliphatic heterocycles. The van der Waals surface area contributed by atoms with E-state index in [1.807, 2.05) is 60.7 Å². The lowest BCUT2D eigenvalue weighted by molar-refractivity contribution is -0.171. The first kappa shape index (κ1) is 31.8. The number of nitrogens with zero attached hydrogens (tertiary/aromatic N) is 2. The maximum Gasteiger partial charge on any atom is 0.410 e. The van der Waals surface area contributed by atoms with Gasteiger partial charge >= 0.3 is 36.1 Å². The van der Waals surface area contributed by atoms with E-state index < -0.39 is 71.6 Å². The Morgan fingerprint density at radius 3 is 1.28 bits per heavy atom. The Morgan fingerprint density at radius 1 is 0.621 bits per heavy atom. The van der Waals surface area contributed by atoms with Gasteiger partial charge in [-0.2, -0.15) is 0 Å². The number of carbonyl (C=O) groups excluding carboxylic acids is 5. The minimum atomic E-state index is -1.09. The van der Waals surface area contributed by atoms with Crippen LogP contribution in [0, 0.1) is 11.8 Å². The number of carbonyl (C=O) groups is 6. The molecule has 0 saturated carbocycles. The standard InChI is InChI=1S/C21H31NO6.C11H21NO4.C10H12O3.CH4.17H2/c1-14(2)17(22(7)20(25)28-21(4,5)6)19(24)27-15(3)18(23)26-13-16-11-9-8-10-12-16;1-7(2)8(9(13)14)12(6)10(15)16-11(3,4)5;1-8(11)10(12)13-7-9-5-3-2-4-6-9;;;;;;;;;;;;;;;;;;/h8-12,14-15,17H,13H2,1-7H3;7-8H,1-6H3,(H,13,14);2-6,8,11H,7H2,1H3;1H4;17*1H/t15-,17+;2*8-;;;;;;;;;;;;;;;;;;/m100................../s1/i;;;;16*1+1D;1+1. The number of ether oxygens (including phenoxy) is 5. The largest absolute Gasteiger partial charge is 0.480 e. The highest BCUT2D eigenvalue weighted by Gasteiger charge is 2.36. The average molecular weight is 888 g/mol. The molecule has 0 saturated heterocycles. The summed E-state index contributed by atoms with van der Waals surface area (Å²) in [5, 5.41) is 17.8. The molecule has 4 atom stereocenters. The van der Waals surface area contributed by atoms with E-state index in [1.165, 1.54) is 32.8 Å². The lowest BCUT2D eigenvalue weighted by Crippen LogP contribution is -2.49. The third-order valence-electron chi connectivity index (χ3n) is 7.37. The molecular formula is C43H102N2O13. The van der Waals surface area contributed by atoms with Gasteiger partial charge in [0.05, 0.1) is 0 Å². The molecule has 362 valence electrons. The second-order valence-corrected chi connectivity index (χ2v) is 15.8. The summed E-state index contributed by atoms with van der Waals surface area (Å²) in [6.45, 7) is 20.6. The van der Waals surface area contributed by atoms with Crippen molar-refractivity contribution in [2.24, 2.45) is 11.8 Å². The lowest BCUT2D eigenvalue weighted by atomic mass is 10.0. The molecule has 15 heteroatoms. The Hall–Kier alpha value is -5.18. The van der Waals surface area contributed by atoms with E-state index in [4.69, 9.17) is 81.4 Å². The van der Waals surface area contributed by atoms with Gasteiger partial charge in [-0.05, 0) is 78.4 Å². The van der Waals surface area contributed by atoms with Gasteiger partial charge in [0.15, 0.2) is 6.10 Å². The van der Waals surface area contributed by atoms with Gasteiger partial charge in [0.1, 0.15) is 42.6 Å². The molecule has 2 aromatic carbocycles. The summed E-state index contributed by atoms with van der Waals surface area (Å²) in [7, 11) is 2.91. The summed E-state index contributed by atoms with van der Waals surface area (Å²) in [4.78, 5) is 72.8. The third-order valence-corrected chi connectivity index (χ3v) is 7.37. The van der Waals surface area contributed by atoms with Crippen molar-refractivity contribution in [2.75, 3.05) is 14.1 Å². The van der Waals surface area contributed by atoms with Gasteiger partial charge in [-0.3, -0.25) is 9.80 Å². The molecule has 0 aromatic heterocycles.